The smallest absolute Gasteiger partial charge is 0.339 e. The van der Waals surface area contributed by atoms with Gasteiger partial charge in [-0.25, -0.2) is 4.79 Å². The van der Waals surface area contributed by atoms with E-state index in [1.165, 1.54) is 38.3 Å². The number of hydrogen-bond acceptors (Lipinski definition) is 5. The van der Waals surface area contributed by atoms with Crippen LogP contribution in [0.2, 0.25) is 0 Å². The van der Waals surface area contributed by atoms with Gasteiger partial charge in [0.15, 0.2) is 0 Å². The van der Waals surface area contributed by atoms with Crippen LogP contribution in [0.1, 0.15) is 59.7 Å². The van der Waals surface area contributed by atoms with Crippen molar-refractivity contribution in [1.82, 2.24) is 4.98 Å². The summed E-state index contributed by atoms with van der Waals surface area (Å²) in [4.78, 5) is 29.2. The molecule has 1 N–H and O–H groups in total. The van der Waals surface area contributed by atoms with Gasteiger partial charge in [-0.2, -0.15) is 0 Å². The van der Waals surface area contributed by atoms with Crippen LogP contribution in [0.5, 0.6) is 5.75 Å². The lowest BCUT2D eigenvalue weighted by Gasteiger charge is -2.22. The quantitative estimate of drug-likeness (QED) is 0.490. The van der Waals surface area contributed by atoms with E-state index in [1.54, 1.807) is 31.2 Å². The van der Waals surface area contributed by atoms with E-state index >= 15 is 0 Å². The molecule has 0 atom stereocenters. The predicted octanol–water partition coefficient (Wildman–Crippen LogP) is 5.62. The number of esters is 1. The molecule has 6 nitrogen and oxygen atoms in total. The van der Waals surface area contributed by atoms with E-state index in [0.29, 0.717) is 47.2 Å². The molecule has 0 radical (unpaired) electrons. The summed E-state index contributed by atoms with van der Waals surface area (Å²) in [6.07, 6.45) is 7.69. The topological polar surface area (TPSA) is 77.5 Å². The maximum Gasteiger partial charge on any atom is 0.339 e. The van der Waals surface area contributed by atoms with Gasteiger partial charge in [0.25, 0.3) is 5.91 Å². The number of rotatable bonds is 7. The fourth-order valence-corrected chi connectivity index (χ4v) is 4.07. The molecule has 32 heavy (non-hydrogen) atoms. The Morgan fingerprint density at radius 1 is 1.06 bits per heavy atom. The Morgan fingerprint density at radius 3 is 2.69 bits per heavy atom. The fraction of sp³-hybridized carbons (Fsp3) is 0.346. The SMILES string of the molecule is CCOC(=O)c1cnc2cc(NC(=O)c3ccccc3OCC3CCCCC3)ccc2c1. The molecule has 1 fully saturated rings. The number of nitrogens with one attached hydrogen (secondary N) is 1. The van der Waals surface area contributed by atoms with Crippen molar-refractivity contribution in [3.05, 3.63) is 65.9 Å². The highest BCUT2D eigenvalue weighted by Gasteiger charge is 2.17. The monoisotopic (exact) mass is 432 g/mol. The summed E-state index contributed by atoms with van der Waals surface area (Å²) in [5.41, 5.74) is 2.22. The minimum atomic E-state index is -0.399. The molecule has 1 heterocycles. The van der Waals surface area contributed by atoms with Crippen LogP contribution in [-0.2, 0) is 4.74 Å². The summed E-state index contributed by atoms with van der Waals surface area (Å²) in [5, 5.41) is 3.73. The number of ether oxygens (including phenoxy) is 2. The molecule has 4 rings (SSSR count). The van der Waals surface area contributed by atoms with E-state index in [-0.39, 0.29) is 5.91 Å². The molecule has 1 aromatic heterocycles. The van der Waals surface area contributed by atoms with Gasteiger partial charge < -0.3 is 14.8 Å². The first-order valence-corrected chi connectivity index (χ1v) is 11.2. The average molecular weight is 433 g/mol. The Kier molecular flexibility index (Phi) is 7.00. The number of carbonyl (C=O) groups is 2. The fourth-order valence-electron chi connectivity index (χ4n) is 4.07. The van der Waals surface area contributed by atoms with Crippen LogP contribution >= 0.6 is 0 Å². The molecule has 166 valence electrons. The molecule has 1 amide bonds. The molecule has 2 aromatic carbocycles. The number of carbonyl (C=O) groups excluding carboxylic acids is 2. The highest BCUT2D eigenvalue weighted by Crippen LogP contribution is 2.27. The first kappa shape index (κ1) is 21.8. The molecular weight excluding hydrogens is 404 g/mol. The number of aromatic nitrogens is 1. The van der Waals surface area contributed by atoms with Gasteiger partial charge in [0.05, 0.1) is 29.9 Å². The van der Waals surface area contributed by atoms with Crippen molar-refractivity contribution in [2.24, 2.45) is 5.92 Å². The molecule has 3 aromatic rings. The summed E-state index contributed by atoms with van der Waals surface area (Å²) in [6, 6.07) is 14.5. The van der Waals surface area contributed by atoms with Crippen LogP contribution in [0.25, 0.3) is 10.9 Å². The molecule has 0 saturated heterocycles. The number of para-hydroxylation sites is 1. The largest absolute Gasteiger partial charge is 0.492 e. The van der Waals surface area contributed by atoms with Gasteiger partial charge >= 0.3 is 5.97 Å². The second kappa shape index (κ2) is 10.3. The summed E-state index contributed by atoms with van der Waals surface area (Å²) in [7, 11) is 0. The molecule has 6 heteroatoms. The van der Waals surface area contributed by atoms with Crippen LogP contribution in [0, 0.1) is 5.92 Å². The third-order valence-corrected chi connectivity index (χ3v) is 5.78. The third kappa shape index (κ3) is 5.25. The van der Waals surface area contributed by atoms with E-state index < -0.39 is 5.97 Å². The van der Waals surface area contributed by atoms with Gasteiger partial charge in [0.1, 0.15) is 5.75 Å². The Bertz CT molecular complexity index is 1110. The maximum atomic E-state index is 13.0. The summed E-state index contributed by atoms with van der Waals surface area (Å²) in [6.45, 7) is 2.72. The van der Waals surface area contributed by atoms with Crippen molar-refractivity contribution in [2.45, 2.75) is 39.0 Å². The second-order valence-corrected chi connectivity index (χ2v) is 8.12. The van der Waals surface area contributed by atoms with Crippen molar-refractivity contribution in [3.63, 3.8) is 0 Å². The Labute approximate surface area is 187 Å². The van der Waals surface area contributed by atoms with Gasteiger partial charge in [0, 0.05) is 17.3 Å². The zero-order valence-corrected chi connectivity index (χ0v) is 18.3. The molecule has 0 aliphatic heterocycles. The lowest BCUT2D eigenvalue weighted by atomic mass is 9.90. The van der Waals surface area contributed by atoms with Crippen molar-refractivity contribution >= 4 is 28.5 Å². The number of benzene rings is 2. The minimum absolute atomic E-state index is 0.230. The lowest BCUT2D eigenvalue weighted by Crippen LogP contribution is -2.18. The van der Waals surface area contributed by atoms with Gasteiger partial charge in [0.2, 0.25) is 0 Å². The normalized spacial score (nSPS) is 14.2. The van der Waals surface area contributed by atoms with Gasteiger partial charge in [-0.3, -0.25) is 9.78 Å². The second-order valence-electron chi connectivity index (χ2n) is 8.12. The van der Waals surface area contributed by atoms with Gasteiger partial charge in [-0.05, 0) is 56.0 Å². The number of fused-ring (bicyclic) bond motifs is 1. The molecule has 1 aliphatic rings. The van der Waals surface area contributed by atoms with Crippen LogP contribution in [-0.4, -0.2) is 30.1 Å². The predicted molar refractivity (Wildman–Crippen MR) is 124 cm³/mol. The van der Waals surface area contributed by atoms with Crippen LogP contribution in [0.15, 0.2) is 54.7 Å². The van der Waals surface area contributed by atoms with E-state index in [9.17, 15) is 9.59 Å². The van der Waals surface area contributed by atoms with E-state index in [1.807, 2.05) is 24.3 Å². The summed E-state index contributed by atoms with van der Waals surface area (Å²) < 4.78 is 11.1. The Morgan fingerprint density at radius 2 is 1.88 bits per heavy atom. The van der Waals surface area contributed by atoms with Crippen molar-refractivity contribution in [1.29, 1.82) is 0 Å². The van der Waals surface area contributed by atoms with Crippen molar-refractivity contribution < 1.29 is 19.1 Å². The number of nitrogens with zero attached hydrogens (tertiary/aromatic N) is 1. The molecule has 1 saturated carbocycles. The zero-order chi connectivity index (χ0) is 22.3. The number of pyridine rings is 1. The first-order valence-electron chi connectivity index (χ1n) is 11.2. The summed E-state index contributed by atoms with van der Waals surface area (Å²) in [5.74, 6) is 0.537. The maximum absolute atomic E-state index is 13.0. The summed E-state index contributed by atoms with van der Waals surface area (Å²) >= 11 is 0. The number of anilines is 1. The van der Waals surface area contributed by atoms with E-state index in [0.717, 1.165) is 5.39 Å². The Balaban J connectivity index is 1.46. The minimum Gasteiger partial charge on any atom is -0.492 e. The molecule has 0 spiro atoms. The van der Waals surface area contributed by atoms with Crippen LogP contribution in [0.3, 0.4) is 0 Å². The van der Waals surface area contributed by atoms with Crippen molar-refractivity contribution in [3.8, 4) is 5.75 Å². The van der Waals surface area contributed by atoms with Crippen LogP contribution < -0.4 is 10.1 Å². The highest BCUT2D eigenvalue weighted by molar-refractivity contribution is 6.07. The van der Waals surface area contributed by atoms with E-state index in [2.05, 4.69) is 10.3 Å². The molecule has 0 unspecified atom stereocenters. The van der Waals surface area contributed by atoms with Gasteiger partial charge in [-0.1, -0.05) is 37.5 Å². The number of hydrogen-bond donors (Lipinski definition) is 1. The highest BCUT2D eigenvalue weighted by atomic mass is 16.5. The van der Waals surface area contributed by atoms with Gasteiger partial charge in [-0.15, -0.1) is 0 Å². The van der Waals surface area contributed by atoms with Crippen LogP contribution in [0.4, 0.5) is 5.69 Å². The average Bonchev–Trinajstić information content (AvgIpc) is 2.83. The third-order valence-electron chi connectivity index (χ3n) is 5.78. The molecule has 0 bridgehead atoms. The zero-order valence-electron chi connectivity index (χ0n) is 18.3. The first-order chi connectivity index (χ1) is 15.6. The van der Waals surface area contributed by atoms with Crippen molar-refractivity contribution in [2.75, 3.05) is 18.5 Å². The number of amides is 1. The molecular formula is C26H28N2O4. The standard InChI is InChI=1S/C26H28N2O4/c1-2-31-26(30)20-14-19-12-13-21(15-23(19)27-16-20)28-25(29)22-10-6-7-11-24(22)32-17-18-8-4-3-5-9-18/h6-7,10-16,18H,2-5,8-9,17H2,1H3,(H,28,29). The molecule has 1 aliphatic carbocycles. The van der Waals surface area contributed by atoms with E-state index in [4.69, 9.17) is 9.47 Å². The lowest BCUT2D eigenvalue weighted by molar-refractivity contribution is 0.0526. The Hall–Kier alpha value is -3.41.